The van der Waals surface area contributed by atoms with Crippen molar-refractivity contribution in [2.45, 2.75) is 4.90 Å². The average molecular weight is 338 g/mol. The monoisotopic (exact) mass is 338 g/mol. The van der Waals surface area contributed by atoms with Crippen LogP contribution in [0.25, 0.3) is 0 Å². The fraction of sp³-hybridized carbons (Fsp3) is 0.222. The normalized spacial score (nSPS) is 11.9. The van der Waals surface area contributed by atoms with Gasteiger partial charge in [-0.1, -0.05) is 6.07 Å². The minimum absolute atomic E-state index is 0.215. The van der Waals surface area contributed by atoms with Gasteiger partial charge in [-0.05, 0) is 40.8 Å². The van der Waals surface area contributed by atoms with E-state index in [9.17, 15) is 8.42 Å². The SMILES string of the molecule is CN(C)C=NS(=O)(=O)c1cccc(I)c1. The molecule has 1 aromatic carbocycles. The molecule has 0 saturated heterocycles. The molecule has 0 fully saturated rings. The van der Waals surface area contributed by atoms with Crippen LogP contribution in [-0.2, 0) is 10.0 Å². The van der Waals surface area contributed by atoms with Crippen molar-refractivity contribution in [1.29, 1.82) is 0 Å². The number of halogens is 1. The number of benzene rings is 1. The van der Waals surface area contributed by atoms with Gasteiger partial charge < -0.3 is 4.90 Å². The summed E-state index contributed by atoms with van der Waals surface area (Å²) in [6.45, 7) is 0. The summed E-state index contributed by atoms with van der Waals surface area (Å²) in [5.41, 5.74) is 0. The van der Waals surface area contributed by atoms with Gasteiger partial charge in [-0.2, -0.15) is 8.42 Å². The summed E-state index contributed by atoms with van der Waals surface area (Å²) in [6, 6.07) is 6.64. The van der Waals surface area contributed by atoms with Crippen LogP contribution in [0.4, 0.5) is 0 Å². The Bertz CT molecular complexity index is 469. The number of hydrogen-bond acceptors (Lipinski definition) is 2. The molecule has 0 heterocycles. The lowest BCUT2D eigenvalue weighted by Crippen LogP contribution is -2.10. The summed E-state index contributed by atoms with van der Waals surface area (Å²) in [4.78, 5) is 1.79. The largest absolute Gasteiger partial charge is 0.368 e. The van der Waals surface area contributed by atoms with Gasteiger partial charge in [0.15, 0.2) is 0 Å². The molecule has 0 bridgehead atoms. The molecule has 4 nitrogen and oxygen atoms in total. The second-order valence-electron chi connectivity index (χ2n) is 3.12. The zero-order chi connectivity index (χ0) is 11.5. The maximum atomic E-state index is 11.7. The van der Waals surface area contributed by atoms with Crippen LogP contribution >= 0.6 is 22.6 Å². The zero-order valence-electron chi connectivity index (χ0n) is 8.38. The maximum absolute atomic E-state index is 11.7. The average Bonchev–Trinajstić information content (AvgIpc) is 2.15. The maximum Gasteiger partial charge on any atom is 0.283 e. The smallest absolute Gasteiger partial charge is 0.283 e. The van der Waals surface area contributed by atoms with Crippen molar-refractivity contribution in [3.63, 3.8) is 0 Å². The third-order valence-corrected chi connectivity index (χ3v) is 3.40. The van der Waals surface area contributed by atoms with Crippen LogP contribution in [0.3, 0.4) is 0 Å². The molecule has 1 aromatic rings. The molecule has 0 amide bonds. The van der Waals surface area contributed by atoms with Gasteiger partial charge in [0.05, 0.1) is 4.90 Å². The third kappa shape index (κ3) is 3.78. The highest BCUT2D eigenvalue weighted by atomic mass is 127. The lowest BCUT2D eigenvalue weighted by Gasteiger charge is -2.03. The van der Waals surface area contributed by atoms with Gasteiger partial charge in [0.2, 0.25) is 0 Å². The van der Waals surface area contributed by atoms with Crippen molar-refractivity contribution < 1.29 is 8.42 Å². The van der Waals surface area contributed by atoms with E-state index in [0.29, 0.717) is 0 Å². The highest BCUT2D eigenvalue weighted by molar-refractivity contribution is 14.1. The first-order chi connectivity index (χ1) is 6.92. The van der Waals surface area contributed by atoms with Crippen LogP contribution < -0.4 is 0 Å². The summed E-state index contributed by atoms with van der Waals surface area (Å²) >= 11 is 2.06. The van der Waals surface area contributed by atoms with E-state index in [2.05, 4.69) is 27.0 Å². The van der Waals surface area contributed by atoms with Crippen LogP contribution in [0, 0.1) is 3.57 Å². The molecule has 0 aliphatic carbocycles. The Morgan fingerprint density at radius 1 is 1.40 bits per heavy atom. The molecule has 15 heavy (non-hydrogen) atoms. The van der Waals surface area contributed by atoms with Gasteiger partial charge in [-0.3, -0.25) is 0 Å². The summed E-state index contributed by atoms with van der Waals surface area (Å²) in [5, 5.41) is 0. The lowest BCUT2D eigenvalue weighted by atomic mass is 10.4. The van der Waals surface area contributed by atoms with Gasteiger partial charge in [0, 0.05) is 17.7 Å². The van der Waals surface area contributed by atoms with Crippen molar-refractivity contribution in [2.24, 2.45) is 4.40 Å². The lowest BCUT2D eigenvalue weighted by molar-refractivity contribution is 0.594. The predicted octanol–water partition coefficient (Wildman–Crippen LogP) is 1.57. The summed E-state index contributed by atoms with van der Waals surface area (Å²) in [6.07, 6.45) is 1.27. The Kier molecular flexibility index (Phi) is 4.09. The standard InChI is InChI=1S/C9H11IN2O2S/c1-12(2)7-11-15(13,14)9-5-3-4-8(10)6-9/h3-7H,1-2H3. The van der Waals surface area contributed by atoms with E-state index in [1.54, 1.807) is 31.1 Å². The van der Waals surface area contributed by atoms with E-state index in [4.69, 9.17) is 0 Å². The van der Waals surface area contributed by atoms with Crippen molar-refractivity contribution in [1.82, 2.24) is 4.90 Å². The Balaban J connectivity index is 3.07. The number of sulfonamides is 1. The summed E-state index contributed by atoms with van der Waals surface area (Å²) < 4.78 is 27.7. The van der Waals surface area contributed by atoms with E-state index in [1.165, 1.54) is 12.4 Å². The topological polar surface area (TPSA) is 49.7 Å². The van der Waals surface area contributed by atoms with Gasteiger partial charge in [0.1, 0.15) is 6.34 Å². The highest BCUT2D eigenvalue weighted by Crippen LogP contribution is 2.15. The molecule has 82 valence electrons. The van der Waals surface area contributed by atoms with E-state index >= 15 is 0 Å². The Labute approximate surface area is 103 Å². The zero-order valence-corrected chi connectivity index (χ0v) is 11.4. The summed E-state index contributed by atoms with van der Waals surface area (Å²) in [5.74, 6) is 0. The van der Waals surface area contributed by atoms with Crippen molar-refractivity contribution in [2.75, 3.05) is 14.1 Å². The number of rotatable bonds is 3. The molecule has 0 atom stereocenters. The molecular weight excluding hydrogens is 327 g/mol. The van der Waals surface area contributed by atoms with Crippen molar-refractivity contribution >= 4 is 39.0 Å². The molecule has 0 radical (unpaired) electrons. The molecule has 0 aliphatic rings. The van der Waals surface area contributed by atoms with Gasteiger partial charge in [-0.15, -0.1) is 4.40 Å². The molecule has 0 N–H and O–H groups in total. The molecular formula is C9H11IN2O2S. The first-order valence-corrected chi connectivity index (χ1v) is 6.66. The van der Waals surface area contributed by atoms with Gasteiger partial charge >= 0.3 is 0 Å². The third-order valence-electron chi connectivity index (χ3n) is 1.51. The van der Waals surface area contributed by atoms with Crippen LogP contribution in [-0.4, -0.2) is 33.8 Å². The van der Waals surface area contributed by atoms with Crippen LogP contribution in [0.2, 0.25) is 0 Å². The Morgan fingerprint density at radius 3 is 2.60 bits per heavy atom. The molecule has 0 aromatic heterocycles. The highest BCUT2D eigenvalue weighted by Gasteiger charge is 2.11. The molecule has 0 spiro atoms. The minimum Gasteiger partial charge on any atom is -0.368 e. The van der Waals surface area contributed by atoms with E-state index in [-0.39, 0.29) is 4.90 Å². The van der Waals surface area contributed by atoms with Crippen molar-refractivity contribution in [3.05, 3.63) is 27.8 Å². The van der Waals surface area contributed by atoms with Crippen LogP contribution in [0.1, 0.15) is 0 Å². The first-order valence-electron chi connectivity index (χ1n) is 4.14. The predicted molar refractivity (Wildman–Crippen MR) is 68.5 cm³/mol. The van der Waals surface area contributed by atoms with Gasteiger partial charge in [0.25, 0.3) is 10.0 Å². The second kappa shape index (κ2) is 4.93. The number of nitrogens with zero attached hydrogens (tertiary/aromatic N) is 2. The molecule has 0 unspecified atom stereocenters. The molecule has 6 heteroatoms. The quantitative estimate of drug-likeness (QED) is 0.478. The first kappa shape index (κ1) is 12.4. The number of hydrogen-bond donors (Lipinski definition) is 0. The van der Waals surface area contributed by atoms with Crippen LogP contribution in [0.15, 0.2) is 33.6 Å². The minimum atomic E-state index is -3.55. The fourth-order valence-electron chi connectivity index (χ4n) is 0.845. The molecule has 0 aliphatic heterocycles. The Hall–Kier alpha value is -0.630. The summed E-state index contributed by atoms with van der Waals surface area (Å²) in [7, 11) is -0.123. The fourth-order valence-corrected chi connectivity index (χ4v) is 2.56. The van der Waals surface area contributed by atoms with Gasteiger partial charge in [-0.25, -0.2) is 0 Å². The van der Waals surface area contributed by atoms with E-state index in [0.717, 1.165) is 3.57 Å². The van der Waals surface area contributed by atoms with E-state index in [1.807, 2.05) is 6.07 Å². The Morgan fingerprint density at radius 2 is 2.07 bits per heavy atom. The van der Waals surface area contributed by atoms with Crippen LogP contribution in [0.5, 0.6) is 0 Å². The van der Waals surface area contributed by atoms with E-state index < -0.39 is 10.0 Å². The second-order valence-corrected chi connectivity index (χ2v) is 5.99. The molecule has 1 rings (SSSR count). The molecule has 0 saturated carbocycles. The van der Waals surface area contributed by atoms with Crippen molar-refractivity contribution in [3.8, 4) is 0 Å².